The van der Waals surface area contributed by atoms with Crippen LogP contribution in [0.1, 0.15) is 19.3 Å². The van der Waals surface area contributed by atoms with Crippen LogP contribution in [0.2, 0.25) is 0 Å². The molecule has 0 radical (unpaired) electrons. The average Bonchev–Trinajstić information content (AvgIpc) is 2.92. The lowest BCUT2D eigenvalue weighted by molar-refractivity contribution is 0.181. The predicted molar refractivity (Wildman–Crippen MR) is 85.8 cm³/mol. The van der Waals surface area contributed by atoms with Gasteiger partial charge in [-0.3, -0.25) is 0 Å². The Morgan fingerprint density at radius 2 is 1.75 bits per heavy atom. The molecule has 0 aromatic heterocycles. The van der Waals surface area contributed by atoms with Crippen molar-refractivity contribution in [3.8, 4) is 11.1 Å². The quantitative estimate of drug-likeness (QED) is 0.888. The predicted octanol–water partition coefficient (Wildman–Crippen LogP) is 2.82. The Labute approximate surface area is 139 Å². The van der Waals surface area contributed by atoms with Crippen LogP contribution in [0.4, 0.5) is 8.78 Å². The maximum atomic E-state index is 13.8. The molecule has 1 aliphatic carbocycles. The largest absolute Gasteiger partial charge is 0.393 e. The molecule has 0 aliphatic heterocycles. The second-order valence-electron chi connectivity index (χ2n) is 5.93. The van der Waals surface area contributed by atoms with Crippen molar-refractivity contribution in [2.24, 2.45) is 0 Å². The van der Waals surface area contributed by atoms with E-state index in [1.54, 1.807) is 0 Å². The molecule has 0 bridgehead atoms. The highest BCUT2D eigenvalue weighted by atomic mass is 32.2. The summed E-state index contributed by atoms with van der Waals surface area (Å²) in [5, 5.41) is 9.48. The van der Waals surface area contributed by atoms with Gasteiger partial charge in [-0.25, -0.2) is 21.9 Å². The van der Waals surface area contributed by atoms with Crippen molar-refractivity contribution in [2.75, 3.05) is 0 Å². The molecule has 1 aliphatic rings. The third kappa shape index (κ3) is 3.63. The zero-order valence-electron chi connectivity index (χ0n) is 12.7. The van der Waals surface area contributed by atoms with Gasteiger partial charge in [-0.05, 0) is 49.1 Å². The van der Waals surface area contributed by atoms with Crippen molar-refractivity contribution in [3.05, 3.63) is 54.1 Å². The van der Waals surface area contributed by atoms with Crippen LogP contribution in [-0.4, -0.2) is 25.7 Å². The Balaban J connectivity index is 1.81. The minimum Gasteiger partial charge on any atom is -0.393 e. The number of hydrogen-bond donors (Lipinski definition) is 2. The van der Waals surface area contributed by atoms with Crippen molar-refractivity contribution in [1.82, 2.24) is 4.72 Å². The normalized spacial score (nSPS) is 21.1. The van der Waals surface area contributed by atoms with Crippen LogP contribution in [0.15, 0.2) is 47.4 Å². The van der Waals surface area contributed by atoms with E-state index in [2.05, 4.69) is 4.72 Å². The van der Waals surface area contributed by atoms with E-state index in [0.717, 1.165) is 12.1 Å². The minimum atomic E-state index is -3.70. The van der Waals surface area contributed by atoms with Crippen LogP contribution < -0.4 is 4.72 Å². The number of halogens is 2. The number of nitrogens with one attached hydrogen (secondary N) is 1. The molecule has 0 heterocycles. The smallest absolute Gasteiger partial charge is 0.240 e. The van der Waals surface area contributed by atoms with E-state index >= 15 is 0 Å². The van der Waals surface area contributed by atoms with Crippen LogP contribution >= 0.6 is 0 Å². The number of rotatable bonds is 4. The molecule has 2 unspecified atom stereocenters. The Bertz CT molecular complexity index is 837. The molecule has 4 nitrogen and oxygen atoms in total. The first kappa shape index (κ1) is 17.0. The number of aliphatic hydroxyl groups is 1. The monoisotopic (exact) mass is 353 g/mol. The van der Waals surface area contributed by atoms with Gasteiger partial charge >= 0.3 is 0 Å². The summed E-state index contributed by atoms with van der Waals surface area (Å²) in [4.78, 5) is 0.0650. The fourth-order valence-corrected chi connectivity index (χ4v) is 4.17. The number of benzene rings is 2. The van der Waals surface area contributed by atoms with Crippen molar-refractivity contribution >= 4 is 10.0 Å². The first-order valence-electron chi connectivity index (χ1n) is 7.61. The van der Waals surface area contributed by atoms with E-state index in [0.29, 0.717) is 24.8 Å². The Morgan fingerprint density at radius 1 is 1.04 bits per heavy atom. The van der Waals surface area contributed by atoms with E-state index < -0.39 is 27.8 Å². The molecule has 1 saturated carbocycles. The molecule has 0 spiro atoms. The zero-order chi connectivity index (χ0) is 17.3. The lowest BCUT2D eigenvalue weighted by atomic mass is 10.1. The molecule has 24 heavy (non-hydrogen) atoms. The van der Waals surface area contributed by atoms with Crippen molar-refractivity contribution < 1.29 is 22.3 Å². The van der Waals surface area contributed by atoms with Crippen LogP contribution in [0.3, 0.4) is 0 Å². The first-order chi connectivity index (χ1) is 11.3. The first-order valence-corrected chi connectivity index (χ1v) is 9.09. The fourth-order valence-electron chi connectivity index (χ4n) is 2.89. The van der Waals surface area contributed by atoms with Gasteiger partial charge in [-0.2, -0.15) is 0 Å². The van der Waals surface area contributed by atoms with Gasteiger partial charge in [0, 0.05) is 17.7 Å². The van der Waals surface area contributed by atoms with E-state index in [1.165, 1.54) is 30.3 Å². The summed E-state index contributed by atoms with van der Waals surface area (Å²) < 4.78 is 54.0. The highest BCUT2D eigenvalue weighted by Gasteiger charge is 2.27. The van der Waals surface area contributed by atoms with Gasteiger partial charge in [-0.1, -0.05) is 12.1 Å². The number of aliphatic hydroxyl groups excluding tert-OH is 1. The third-order valence-corrected chi connectivity index (χ3v) is 5.67. The summed E-state index contributed by atoms with van der Waals surface area (Å²) >= 11 is 0. The summed E-state index contributed by atoms with van der Waals surface area (Å²) in [6.45, 7) is 0. The van der Waals surface area contributed by atoms with Gasteiger partial charge in [0.05, 0.1) is 11.0 Å². The van der Waals surface area contributed by atoms with Crippen LogP contribution in [-0.2, 0) is 10.0 Å². The van der Waals surface area contributed by atoms with E-state index in [9.17, 15) is 22.3 Å². The van der Waals surface area contributed by atoms with Gasteiger partial charge in [0.1, 0.15) is 11.6 Å². The van der Waals surface area contributed by atoms with Crippen LogP contribution in [0.5, 0.6) is 0 Å². The summed E-state index contributed by atoms with van der Waals surface area (Å²) in [6.07, 6.45) is 1.11. The van der Waals surface area contributed by atoms with E-state index in [4.69, 9.17) is 0 Å². The minimum absolute atomic E-state index is 0.0650. The summed E-state index contributed by atoms with van der Waals surface area (Å²) in [7, 11) is -3.70. The van der Waals surface area contributed by atoms with Crippen molar-refractivity contribution in [2.45, 2.75) is 36.3 Å². The van der Waals surface area contributed by atoms with Gasteiger partial charge in [0.15, 0.2) is 0 Å². The maximum absolute atomic E-state index is 13.8. The van der Waals surface area contributed by atoms with Gasteiger partial charge in [-0.15, -0.1) is 0 Å². The number of hydrogen-bond acceptors (Lipinski definition) is 3. The number of sulfonamides is 1. The highest BCUT2D eigenvalue weighted by Crippen LogP contribution is 2.26. The summed E-state index contributed by atoms with van der Waals surface area (Å²) in [5.41, 5.74) is 0.662. The van der Waals surface area contributed by atoms with Gasteiger partial charge in [0.25, 0.3) is 0 Å². The molecule has 2 aromatic rings. The summed E-state index contributed by atoms with van der Waals surface area (Å²) in [6, 6.07) is 8.69. The molecular weight excluding hydrogens is 336 g/mol. The van der Waals surface area contributed by atoms with Crippen LogP contribution in [0, 0.1) is 11.6 Å². The molecule has 0 amide bonds. The van der Waals surface area contributed by atoms with Crippen molar-refractivity contribution in [3.63, 3.8) is 0 Å². The molecular formula is C17H17F2NO3S. The SMILES string of the molecule is O=S(=O)(NC1CCC(O)C1)c1ccc(-c2ccc(F)cc2F)cc1. The maximum Gasteiger partial charge on any atom is 0.240 e. The molecule has 0 saturated heterocycles. The Kier molecular flexibility index (Phi) is 4.67. The van der Waals surface area contributed by atoms with Gasteiger partial charge < -0.3 is 5.11 Å². The standard InChI is InChI=1S/C17H17F2NO3S/c18-12-3-8-16(17(19)9-12)11-1-6-15(7-2-11)24(22,23)20-13-4-5-14(21)10-13/h1-3,6-9,13-14,20-21H,4-5,10H2. The molecule has 2 atom stereocenters. The molecule has 7 heteroatoms. The lowest BCUT2D eigenvalue weighted by Gasteiger charge is -2.13. The Morgan fingerprint density at radius 3 is 2.33 bits per heavy atom. The van der Waals surface area contributed by atoms with E-state index in [1.807, 2.05) is 0 Å². The average molecular weight is 353 g/mol. The van der Waals surface area contributed by atoms with Gasteiger partial charge in [0.2, 0.25) is 10.0 Å². The van der Waals surface area contributed by atoms with Crippen LogP contribution in [0.25, 0.3) is 11.1 Å². The summed E-state index contributed by atoms with van der Waals surface area (Å²) in [5.74, 6) is -1.37. The second-order valence-corrected chi connectivity index (χ2v) is 7.65. The third-order valence-electron chi connectivity index (χ3n) is 4.13. The second kappa shape index (κ2) is 6.58. The zero-order valence-corrected chi connectivity index (χ0v) is 13.6. The molecule has 3 rings (SSSR count). The highest BCUT2D eigenvalue weighted by molar-refractivity contribution is 7.89. The molecule has 2 N–H and O–H groups in total. The molecule has 128 valence electrons. The van der Waals surface area contributed by atoms with E-state index in [-0.39, 0.29) is 16.5 Å². The fraction of sp³-hybridized carbons (Fsp3) is 0.294. The molecule has 2 aromatic carbocycles. The molecule has 1 fully saturated rings. The Hall–Kier alpha value is -1.83. The van der Waals surface area contributed by atoms with Crippen molar-refractivity contribution in [1.29, 1.82) is 0 Å². The lowest BCUT2D eigenvalue weighted by Crippen LogP contribution is -2.33. The topological polar surface area (TPSA) is 66.4 Å².